The van der Waals surface area contributed by atoms with E-state index >= 15 is 0 Å². The number of ether oxygens (including phenoxy) is 1. The summed E-state index contributed by atoms with van der Waals surface area (Å²) >= 11 is 0. The van der Waals surface area contributed by atoms with E-state index in [9.17, 15) is 0 Å². The minimum atomic E-state index is 0.0288. The van der Waals surface area contributed by atoms with Crippen molar-refractivity contribution < 1.29 is 9.94 Å². The molecule has 3 N–H and O–H groups in total. The van der Waals surface area contributed by atoms with Crippen molar-refractivity contribution in [1.82, 2.24) is 4.98 Å². The fourth-order valence-corrected chi connectivity index (χ4v) is 1.90. The third-order valence-electron chi connectivity index (χ3n) is 2.74. The highest BCUT2D eigenvalue weighted by Crippen LogP contribution is 2.24. The van der Waals surface area contributed by atoms with Crippen molar-refractivity contribution in [3.05, 3.63) is 23.9 Å². The Hall–Kier alpha value is -1.78. The van der Waals surface area contributed by atoms with Gasteiger partial charge >= 0.3 is 0 Å². The highest BCUT2D eigenvalue weighted by molar-refractivity contribution is 5.98. The van der Waals surface area contributed by atoms with Crippen LogP contribution in [0, 0.1) is 0 Å². The first-order chi connectivity index (χ1) is 7.81. The number of nitrogens with two attached hydrogens (primary N) is 1. The number of aromatic nitrogens is 1. The minimum Gasteiger partial charge on any atom is -0.474 e. The smallest absolute Gasteiger partial charge is 0.224 e. The summed E-state index contributed by atoms with van der Waals surface area (Å²) in [4.78, 5) is 4.12. The summed E-state index contributed by atoms with van der Waals surface area (Å²) < 4.78 is 5.75. The van der Waals surface area contributed by atoms with Crippen LogP contribution < -0.4 is 10.5 Å². The summed E-state index contributed by atoms with van der Waals surface area (Å²) in [7, 11) is 0. The van der Waals surface area contributed by atoms with Crippen molar-refractivity contribution in [3.8, 4) is 5.88 Å². The van der Waals surface area contributed by atoms with Gasteiger partial charge in [-0.1, -0.05) is 5.16 Å². The molecular weight excluding hydrogens is 206 g/mol. The molecule has 86 valence electrons. The van der Waals surface area contributed by atoms with Gasteiger partial charge in [-0.3, -0.25) is 0 Å². The number of hydrogen-bond acceptors (Lipinski definition) is 4. The molecule has 0 radical (unpaired) electrons. The molecule has 1 heterocycles. The minimum absolute atomic E-state index is 0.0288. The molecule has 1 saturated carbocycles. The maximum atomic E-state index is 8.65. The highest BCUT2D eigenvalue weighted by atomic mass is 16.5. The van der Waals surface area contributed by atoms with Gasteiger partial charge in [0.15, 0.2) is 5.84 Å². The molecule has 1 aliphatic rings. The molecule has 0 unspecified atom stereocenters. The average molecular weight is 221 g/mol. The Labute approximate surface area is 93.9 Å². The number of rotatable bonds is 3. The quantitative estimate of drug-likeness (QED) is 0.351. The van der Waals surface area contributed by atoms with Gasteiger partial charge in [0.05, 0.1) is 5.56 Å². The normalized spacial score (nSPS) is 17.6. The number of pyridine rings is 1. The summed E-state index contributed by atoms with van der Waals surface area (Å²) in [5.74, 6) is 0.478. The van der Waals surface area contributed by atoms with Crippen LogP contribution in [0.3, 0.4) is 0 Å². The van der Waals surface area contributed by atoms with E-state index in [1.807, 2.05) is 0 Å². The van der Waals surface area contributed by atoms with Crippen LogP contribution in [0.4, 0.5) is 0 Å². The Morgan fingerprint density at radius 2 is 2.25 bits per heavy atom. The fourth-order valence-electron chi connectivity index (χ4n) is 1.90. The second kappa shape index (κ2) is 4.83. The molecule has 2 rings (SSSR count). The fraction of sp³-hybridized carbons (Fsp3) is 0.455. The zero-order chi connectivity index (χ0) is 11.4. The maximum Gasteiger partial charge on any atom is 0.224 e. The summed E-state index contributed by atoms with van der Waals surface area (Å²) in [6, 6.07) is 3.46. The lowest BCUT2D eigenvalue weighted by atomic mass is 10.2. The van der Waals surface area contributed by atoms with Crippen molar-refractivity contribution in [2.45, 2.75) is 31.8 Å². The van der Waals surface area contributed by atoms with Crippen LogP contribution in [0.25, 0.3) is 0 Å². The molecule has 5 heteroatoms. The van der Waals surface area contributed by atoms with Gasteiger partial charge in [-0.2, -0.15) is 0 Å². The van der Waals surface area contributed by atoms with Gasteiger partial charge in [-0.15, -0.1) is 0 Å². The van der Waals surface area contributed by atoms with E-state index in [0.29, 0.717) is 11.4 Å². The van der Waals surface area contributed by atoms with Gasteiger partial charge < -0.3 is 15.7 Å². The van der Waals surface area contributed by atoms with E-state index in [1.54, 1.807) is 18.3 Å². The molecule has 1 aliphatic carbocycles. The SMILES string of the molecule is NC(=NO)c1cccnc1OC1CCCC1. The summed E-state index contributed by atoms with van der Waals surface area (Å²) in [6.07, 6.45) is 6.32. The van der Waals surface area contributed by atoms with Crippen LogP contribution in [-0.4, -0.2) is 22.1 Å². The first-order valence-corrected chi connectivity index (χ1v) is 5.41. The first kappa shape index (κ1) is 10.7. The van der Waals surface area contributed by atoms with Crippen LogP contribution >= 0.6 is 0 Å². The predicted octanol–water partition coefficient (Wildman–Crippen LogP) is 1.50. The van der Waals surface area contributed by atoms with Crippen molar-refractivity contribution in [3.63, 3.8) is 0 Å². The third kappa shape index (κ3) is 2.24. The molecule has 1 aromatic rings. The lowest BCUT2D eigenvalue weighted by molar-refractivity contribution is 0.201. The van der Waals surface area contributed by atoms with E-state index in [0.717, 1.165) is 12.8 Å². The molecule has 0 aliphatic heterocycles. The zero-order valence-electron chi connectivity index (χ0n) is 8.97. The molecule has 0 aromatic carbocycles. The van der Waals surface area contributed by atoms with Crippen LogP contribution in [0.5, 0.6) is 5.88 Å². The lowest BCUT2D eigenvalue weighted by Gasteiger charge is -2.14. The Morgan fingerprint density at radius 3 is 2.94 bits per heavy atom. The standard InChI is InChI=1S/C11H15N3O2/c12-10(14-15)9-6-3-7-13-11(9)16-8-4-1-2-5-8/h3,6-8,15H,1-2,4-5H2,(H2,12,14). The highest BCUT2D eigenvalue weighted by Gasteiger charge is 2.19. The number of oxime groups is 1. The van der Waals surface area contributed by atoms with E-state index < -0.39 is 0 Å². The van der Waals surface area contributed by atoms with Crippen LogP contribution in [0.1, 0.15) is 31.2 Å². The second-order valence-electron chi connectivity index (χ2n) is 3.87. The van der Waals surface area contributed by atoms with Gasteiger partial charge in [0.25, 0.3) is 0 Å². The number of nitrogens with zero attached hydrogens (tertiary/aromatic N) is 2. The van der Waals surface area contributed by atoms with Gasteiger partial charge in [0.2, 0.25) is 5.88 Å². The summed E-state index contributed by atoms with van der Waals surface area (Å²) in [5.41, 5.74) is 6.09. The first-order valence-electron chi connectivity index (χ1n) is 5.41. The molecule has 0 spiro atoms. The second-order valence-corrected chi connectivity index (χ2v) is 3.87. The molecule has 0 saturated heterocycles. The average Bonchev–Trinajstić information content (AvgIpc) is 2.82. The number of hydrogen-bond donors (Lipinski definition) is 2. The molecule has 0 atom stereocenters. The van der Waals surface area contributed by atoms with Gasteiger partial charge in [0, 0.05) is 6.20 Å². The van der Waals surface area contributed by atoms with E-state index in [1.165, 1.54) is 12.8 Å². The monoisotopic (exact) mass is 221 g/mol. The summed E-state index contributed by atoms with van der Waals surface area (Å²) in [6.45, 7) is 0. The Bertz CT molecular complexity index is 387. The Morgan fingerprint density at radius 1 is 1.50 bits per heavy atom. The van der Waals surface area contributed by atoms with E-state index in [2.05, 4.69) is 10.1 Å². The van der Waals surface area contributed by atoms with Crippen LogP contribution in [0.2, 0.25) is 0 Å². The van der Waals surface area contributed by atoms with Crippen molar-refractivity contribution >= 4 is 5.84 Å². The Balaban J connectivity index is 2.19. The van der Waals surface area contributed by atoms with Crippen molar-refractivity contribution in [1.29, 1.82) is 0 Å². The largest absolute Gasteiger partial charge is 0.474 e. The molecule has 1 fully saturated rings. The molecule has 1 aromatic heterocycles. The van der Waals surface area contributed by atoms with Crippen molar-refractivity contribution in [2.75, 3.05) is 0 Å². The lowest BCUT2D eigenvalue weighted by Crippen LogP contribution is -2.19. The van der Waals surface area contributed by atoms with Crippen LogP contribution in [0.15, 0.2) is 23.5 Å². The van der Waals surface area contributed by atoms with Gasteiger partial charge in [-0.25, -0.2) is 4.98 Å². The van der Waals surface area contributed by atoms with E-state index in [-0.39, 0.29) is 11.9 Å². The predicted molar refractivity (Wildman–Crippen MR) is 59.6 cm³/mol. The summed E-state index contributed by atoms with van der Waals surface area (Å²) in [5, 5.41) is 11.6. The topological polar surface area (TPSA) is 80.7 Å². The van der Waals surface area contributed by atoms with Gasteiger partial charge in [-0.05, 0) is 37.8 Å². The molecular formula is C11H15N3O2. The zero-order valence-corrected chi connectivity index (χ0v) is 8.97. The number of amidine groups is 1. The third-order valence-corrected chi connectivity index (χ3v) is 2.74. The molecule has 0 amide bonds. The van der Waals surface area contributed by atoms with Gasteiger partial charge in [0.1, 0.15) is 6.10 Å². The van der Waals surface area contributed by atoms with Crippen molar-refractivity contribution in [2.24, 2.45) is 10.9 Å². The Kier molecular flexibility index (Phi) is 3.24. The van der Waals surface area contributed by atoms with E-state index in [4.69, 9.17) is 15.7 Å². The van der Waals surface area contributed by atoms with Crippen LogP contribution in [-0.2, 0) is 0 Å². The molecule has 16 heavy (non-hydrogen) atoms. The molecule has 0 bridgehead atoms. The maximum absolute atomic E-state index is 8.65. The molecule has 5 nitrogen and oxygen atoms in total.